The number of imidazole rings is 1. The number of hydrogen-bond donors (Lipinski definition) is 1. The van der Waals surface area contributed by atoms with Crippen LogP contribution in [-0.4, -0.2) is 15.0 Å². The number of fused-ring (bicyclic) bond motifs is 1. The lowest BCUT2D eigenvalue weighted by molar-refractivity contribution is 1.14. The molecule has 2 heterocycles. The lowest BCUT2D eigenvalue weighted by Crippen LogP contribution is -1.83. The first-order valence-electron chi connectivity index (χ1n) is 6.19. The van der Waals surface area contributed by atoms with Crippen LogP contribution in [0, 0.1) is 6.92 Å². The molecule has 0 aliphatic rings. The van der Waals surface area contributed by atoms with Crippen molar-refractivity contribution in [3.63, 3.8) is 0 Å². The van der Waals surface area contributed by atoms with E-state index >= 15 is 0 Å². The van der Waals surface area contributed by atoms with E-state index in [1.165, 1.54) is 5.56 Å². The van der Waals surface area contributed by atoms with Crippen LogP contribution >= 0.6 is 0 Å². The summed E-state index contributed by atoms with van der Waals surface area (Å²) in [5.41, 5.74) is 5.19. The second-order valence-corrected chi connectivity index (χ2v) is 4.46. The van der Waals surface area contributed by atoms with E-state index in [0.717, 1.165) is 34.7 Å². The molecule has 0 fully saturated rings. The van der Waals surface area contributed by atoms with Gasteiger partial charge in [-0.2, -0.15) is 0 Å². The number of aromatic amines is 1. The largest absolute Gasteiger partial charge is 0.337 e. The van der Waals surface area contributed by atoms with E-state index in [4.69, 9.17) is 0 Å². The van der Waals surface area contributed by atoms with Gasteiger partial charge in [-0.25, -0.2) is 9.97 Å². The van der Waals surface area contributed by atoms with Crippen LogP contribution in [-0.2, 0) is 6.42 Å². The maximum Gasteiger partial charge on any atom is 0.178 e. The third-order valence-electron chi connectivity index (χ3n) is 3.12. The molecule has 3 nitrogen and oxygen atoms in total. The molecule has 1 N–H and O–H groups in total. The highest BCUT2D eigenvalue weighted by Crippen LogP contribution is 2.20. The Kier molecular flexibility index (Phi) is 2.59. The van der Waals surface area contributed by atoms with Crippen molar-refractivity contribution in [3.05, 3.63) is 47.7 Å². The van der Waals surface area contributed by atoms with E-state index in [1.54, 1.807) is 0 Å². The fourth-order valence-corrected chi connectivity index (χ4v) is 2.02. The van der Waals surface area contributed by atoms with Gasteiger partial charge in [0.05, 0.1) is 5.52 Å². The second-order valence-electron chi connectivity index (χ2n) is 4.46. The van der Waals surface area contributed by atoms with Gasteiger partial charge in [0.25, 0.3) is 0 Å². The minimum atomic E-state index is 0.782. The Morgan fingerprint density at radius 3 is 2.50 bits per heavy atom. The van der Waals surface area contributed by atoms with Crippen molar-refractivity contribution in [1.29, 1.82) is 0 Å². The molecule has 0 amide bonds. The zero-order valence-electron chi connectivity index (χ0n) is 10.6. The molecule has 2 aromatic heterocycles. The predicted octanol–water partition coefficient (Wildman–Crippen LogP) is 3.50. The second kappa shape index (κ2) is 4.26. The van der Waals surface area contributed by atoms with Gasteiger partial charge in [-0.3, -0.25) is 0 Å². The van der Waals surface area contributed by atoms with Crippen molar-refractivity contribution in [2.45, 2.75) is 20.3 Å². The average molecular weight is 237 g/mol. The molecule has 1 aromatic carbocycles. The Hall–Kier alpha value is -2.16. The van der Waals surface area contributed by atoms with Crippen LogP contribution in [0.2, 0.25) is 0 Å². The molecule has 90 valence electrons. The topological polar surface area (TPSA) is 41.6 Å². The Labute approximate surface area is 106 Å². The molecule has 0 saturated heterocycles. The summed E-state index contributed by atoms with van der Waals surface area (Å²) in [5, 5.41) is 0. The number of rotatable bonds is 2. The van der Waals surface area contributed by atoms with Crippen LogP contribution in [0.1, 0.15) is 18.2 Å². The number of nitrogens with one attached hydrogen (secondary N) is 1. The van der Waals surface area contributed by atoms with Gasteiger partial charge in [0.2, 0.25) is 0 Å². The number of nitrogens with zero attached hydrogens (tertiary/aromatic N) is 2. The SMILES string of the molecule is CCc1ccc(-c2nc3nc(C)ccc3[nH]2)cc1. The van der Waals surface area contributed by atoms with Crippen molar-refractivity contribution < 1.29 is 0 Å². The average Bonchev–Trinajstić information content (AvgIpc) is 2.81. The summed E-state index contributed by atoms with van der Waals surface area (Å²) in [6.45, 7) is 4.13. The summed E-state index contributed by atoms with van der Waals surface area (Å²) in [6.07, 6.45) is 1.06. The molecule has 3 aromatic rings. The van der Waals surface area contributed by atoms with E-state index in [2.05, 4.69) is 46.1 Å². The van der Waals surface area contributed by atoms with Crippen LogP contribution in [0.3, 0.4) is 0 Å². The van der Waals surface area contributed by atoms with Gasteiger partial charge in [-0.1, -0.05) is 31.2 Å². The highest BCUT2D eigenvalue weighted by Gasteiger charge is 2.06. The molecular weight excluding hydrogens is 222 g/mol. The van der Waals surface area contributed by atoms with Gasteiger partial charge in [-0.05, 0) is 31.0 Å². The molecule has 0 spiro atoms. The quantitative estimate of drug-likeness (QED) is 0.741. The first-order valence-corrected chi connectivity index (χ1v) is 6.19. The van der Waals surface area contributed by atoms with Crippen LogP contribution in [0.25, 0.3) is 22.6 Å². The maximum absolute atomic E-state index is 4.53. The van der Waals surface area contributed by atoms with Crippen LogP contribution in [0.15, 0.2) is 36.4 Å². The first-order chi connectivity index (χ1) is 8.76. The molecule has 0 aliphatic carbocycles. The molecule has 3 rings (SSSR count). The van der Waals surface area contributed by atoms with E-state index in [1.807, 2.05) is 19.1 Å². The minimum absolute atomic E-state index is 0.782. The fraction of sp³-hybridized carbons (Fsp3) is 0.200. The molecule has 0 aliphatic heterocycles. The third-order valence-corrected chi connectivity index (χ3v) is 3.12. The minimum Gasteiger partial charge on any atom is -0.337 e. The summed E-state index contributed by atoms with van der Waals surface area (Å²) in [5.74, 6) is 0.880. The standard InChI is InChI=1S/C15H15N3/c1-3-11-5-7-12(8-6-11)14-17-13-9-4-10(2)16-15(13)18-14/h4-9H,3H2,1-2H3,(H,16,17,18). The van der Waals surface area contributed by atoms with Crippen LogP contribution in [0.5, 0.6) is 0 Å². The normalized spacial score (nSPS) is 11.0. The van der Waals surface area contributed by atoms with Gasteiger partial charge in [-0.15, -0.1) is 0 Å². The van der Waals surface area contributed by atoms with Crippen molar-refractivity contribution in [2.75, 3.05) is 0 Å². The highest BCUT2D eigenvalue weighted by molar-refractivity contribution is 5.75. The number of H-pyrrole nitrogens is 1. The summed E-state index contributed by atoms with van der Waals surface area (Å²) in [6, 6.07) is 12.5. The van der Waals surface area contributed by atoms with E-state index < -0.39 is 0 Å². The van der Waals surface area contributed by atoms with Gasteiger partial charge in [0, 0.05) is 11.3 Å². The summed E-state index contributed by atoms with van der Waals surface area (Å²) in [7, 11) is 0. The first kappa shape index (κ1) is 11.0. The molecule has 0 saturated carbocycles. The molecule has 0 bridgehead atoms. The highest BCUT2D eigenvalue weighted by atomic mass is 15.0. The number of hydrogen-bond acceptors (Lipinski definition) is 2. The maximum atomic E-state index is 4.53. The molecule has 0 unspecified atom stereocenters. The van der Waals surface area contributed by atoms with Crippen molar-refractivity contribution in [2.24, 2.45) is 0 Å². The number of pyridine rings is 1. The predicted molar refractivity (Wildman–Crippen MR) is 73.4 cm³/mol. The zero-order chi connectivity index (χ0) is 12.5. The van der Waals surface area contributed by atoms with E-state index in [9.17, 15) is 0 Å². The lowest BCUT2D eigenvalue weighted by atomic mass is 10.1. The monoisotopic (exact) mass is 237 g/mol. The van der Waals surface area contributed by atoms with Gasteiger partial charge >= 0.3 is 0 Å². The van der Waals surface area contributed by atoms with E-state index in [0.29, 0.717) is 0 Å². The Morgan fingerprint density at radius 1 is 1.00 bits per heavy atom. The molecule has 0 radical (unpaired) electrons. The smallest absolute Gasteiger partial charge is 0.178 e. The van der Waals surface area contributed by atoms with Crippen molar-refractivity contribution in [3.8, 4) is 11.4 Å². The summed E-state index contributed by atoms with van der Waals surface area (Å²) in [4.78, 5) is 12.2. The molecular formula is C15H15N3. The Balaban J connectivity index is 2.07. The number of aromatic nitrogens is 3. The third kappa shape index (κ3) is 1.88. The molecule has 18 heavy (non-hydrogen) atoms. The van der Waals surface area contributed by atoms with Gasteiger partial charge < -0.3 is 4.98 Å². The number of aryl methyl sites for hydroxylation is 2. The van der Waals surface area contributed by atoms with Gasteiger partial charge in [0.15, 0.2) is 5.65 Å². The fourth-order valence-electron chi connectivity index (χ4n) is 2.02. The summed E-state index contributed by atoms with van der Waals surface area (Å²) < 4.78 is 0. The lowest BCUT2D eigenvalue weighted by Gasteiger charge is -1.98. The zero-order valence-corrected chi connectivity index (χ0v) is 10.6. The number of benzene rings is 1. The molecule has 3 heteroatoms. The Morgan fingerprint density at radius 2 is 1.78 bits per heavy atom. The molecule has 0 atom stereocenters. The van der Waals surface area contributed by atoms with Crippen LogP contribution < -0.4 is 0 Å². The Bertz CT molecular complexity index is 681. The van der Waals surface area contributed by atoms with Crippen LogP contribution in [0.4, 0.5) is 0 Å². The summed E-state index contributed by atoms with van der Waals surface area (Å²) >= 11 is 0. The van der Waals surface area contributed by atoms with Crippen molar-refractivity contribution >= 4 is 11.2 Å². The van der Waals surface area contributed by atoms with E-state index in [-0.39, 0.29) is 0 Å². The van der Waals surface area contributed by atoms with Gasteiger partial charge in [0.1, 0.15) is 5.82 Å². The van der Waals surface area contributed by atoms with Crippen molar-refractivity contribution in [1.82, 2.24) is 15.0 Å².